The Balaban J connectivity index is 1.41. The van der Waals surface area contributed by atoms with Crippen molar-refractivity contribution in [3.8, 4) is 23.0 Å². The third-order valence-electron chi connectivity index (χ3n) is 4.70. The van der Waals surface area contributed by atoms with Crippen LogP contribution in [0.4, 0.5) is 4.39 Å². The summed E-state index contributed by atoms with van der Waals surface area (Å²) < 4.78 is 26.5. The van der Waals surface area contributed by atoms with Crippen LogP contribution in [0.5, 0.6) is 0 Å². The first kappa shape index (κ1) is 17.1. The van der Waals surface area contributed by atoms with Gasteiger partial charge < -0.3 is 13.8 Å². The molecule has 0 radical (unpaired) electrons. The smallest absolute Gasteiger partial charge is 0.278 e. The summed E-state index contributed by atoms with van der Waals surface area (Å²) in [6.07, 6.45) is 1.57. The lowest BCUT2D eigenvalue weighted by molar-refractivity contribution is 0.00326. The molecular weight excluding hydrogens is 383 g/mol. The average Bonchev–Trinajstić information content (AvgIpc) is 3.35. The van der Waals surface area contributed by atoms with Crippen molar-refractivity contribution in [2.75, 3.05) is 0 Å². The zero-order chi connectivity index (χ0) is 19.1. The molecule has 0 unspecified atom stereocenters. The molecule has 5 rings (SSSR count). The molecule has 2 aromatic heterocycles. The molecule has 8 heteroatoms. The summed E-state index contributed by atoms with van der Waals surface area (Å²) in [5, 5.41) is 4.68. The van der Waals surface area contributed by atoms with Gasteiger partial charge in [-0.05, 0) is 42.0 Å². The van der Waals surface area contributed by atoms with Crippen LogP contribution in [0.3, 0.4) is 0 Å². The molecule has 1 aliphatic heterocycles. The number of rotatable bonds is 3. The molecule has 0 saturated heterocycles. The lowest BCUT2D eigenvalue weighted by Crippen LogP contribution is -2.20. The van der Waals surface area contributed by atoms with Gasteiger partial charge in [-0.3, -0.25) is 0 Å². The zero-order valence-corrected chi connectivity index (χ0v) is 15.3. The second-order valence-electron chi connectivity index (χ2n) is 6.47. The summed E-state index contributed by atoms with van der Waals surface area (Å²) in [6, 6.07) is 13.5. The van der Waals surface area contributed by atoms with Gasteiger partial charge in [-0.25, -0.2) is 9.37 Å². The van der Waals surface area contributed by atoms with Crippen molar-refractivity contribution in [3.05, 3.63) is 77.0 Å². The fourth-order valence-electron chi connectivity index (χ4n) is 3.22. The number of benzene rings is 2. The van der Waals surface area contributed by atoms with E-state index in [1.807, 2.05) is 16.7 Å². The maximum absolute atomic E-state index is 13.1. The van der Waals surface area contributed by atoms with Gasteiger partial charge >= 0.3 is 0 Å². The maximum Gasteiger partial charge on any atom is 0.278 e. The standard InChI is InChI=1S/C20H14ClFN4O2/c21-14-5-1-13(2-6-14)19-24-20(28-25-19)18-16-10-27-17(9-26(16)11-23-18)12-3-7-15(22)8-4-12/h1-8,11,17H,9-10H2/t17-/m0/s1. The van der Waals surface area contributed by atoms with Crippen molar-refractivity contribution in [1.82, 2.24) is 19.7 Å². The van der Waals surface area contributed by atoms with Gasteiger partial charge in [0.2, 0.25) is 5.82 Å². The molecule has 1 aliphatic rings. The minimum Gasteiger partial charge on any atom is -0.365 e. The van der Waals surface area contributed by atoms with Crippen molar-refractivity contribution in [1.29, 1.82) is 0 Å². The molecule has 6 nitrogen and oxygen atoms in total. The minimum absolute atomic E-state index is 0.164. The van der Waals surface area contributed by atoms with Gasteiger partial charge in [-0.2, -0.15) is 4.98 Å². The third-order valence-corrected chi connectivity index (χ3v) is 4.95. The maximum atomic E-state index is 13.1. The Bertz CT molecular complexity index is 1120. The van der Waals surface area contributed by atoms with Gasteiger partial charge in [0, 0.05) is 10.6 Å². The first-order valence-corrected chi connectivity index (χ1v) is 9.06. The van der Waals surface area contributed by atoms with Gasteiger partial charge in [0.1, 0.15) is 11.9 Å². The van der Waals surface area contributed by atoms with E-state index in [-0.39, 0.29) is 11.9 Å². The Morgan fingerprint density at radius 3 is 2.64 bits per heavy atom. The molecule has 1 atom stereocenters. The number of fused-ring (bicyclic) bond motifs is 1. The van der Waals surface area contributed by atoms with Gasteiger partial charge in [0.05, 0.1) is 25.2 Å². The highest BCUT2D eigenvalue weighted by Gasteiger charge is 2.26. The molecule has 2 aromatic carbocycles. The fraction of sp³-hybridized carbons (Fsp3) is 0.150. The van der Waals surface area contributed by atoms with Crippen LogP contribution in [0.25, 0.3) is 23.0 Å². The predicted octanol–water partition coefficient (Wildman–Crippen LogP) is 4.66. The lowest BCUT2D eigenvalue weighted by Gasteiger charge is -2.25. The highest BCUT2D eigenvalue weighted by atomic mass is 35.5. The second kappa shape index (κ2) is 6.85. The summed E-state index contributed by atoms with van der Waals surface area (Å²) >= 11 is 5.92. The monoisotopic (exact) mass is 396 g/mol. The van der Waals surface area contributed by atoms with E-state index in [4.69, 9.17) is 20.9 Å². The van der Waals surface area contributed by atoms with Gasteiger partial charge in [0.15, 0.2) is 5.69 Å². The van der Waals surface area contributed by atoms with Crippen molar-refractivity contribution in [3.63, 3.8) is 0 Å². The van der Waals surface area contributed by atoms with Crippen molar-refractivity contribution < 1.29 is 13.7 Å². The molecule has 3 heterocycles. The summed E-state index contributed by atoms with van der Waals surface area (Å²) in [5.41, 5.74) is 3.19. The fourth-order valence-corrected chi connectivity index (χ4v) is 3.35. The Hall–Kier alpha value is -3.03. The van der Waals surface area contributed by atoms with E-state index in [2.05, 4.69) is 15.1 Å². The Morgan fingerprint density at radius 2 is 1.86 bits per heavy atom. The molecule has 0 amide bonds. The molecule has 0 aliphatic carbocycles. The highest BCUT2D eigenvalue weighted by Crippen LogP contribution is 2.32. The topological polar surface area (TPSA) is 66.0 Å². The second-order valence-corrected chi connectivity index (χ2v) is 6.91. The SMILES string of the molecule is Fc1ccc([C@@H]2Cn3cnc(-c4nc(-c5ccc(Cl)cc5)no4)c3CO2)cc1. The molecule has 0 bridgehead atoms. The number of ether oxygens (including phenoxy) is 1. The number of halogens is 2. The number of hydrogen-bond donors (Lipinski definition) is 0. The van der Waals surface area contributed by atoms with Crippen LogP contribution in [0.1, 0.15) is 17.4 Å². The van der Waals surface area contributed by atoms with Crippen LogP contribution in [-0.4, -0.2) is 19.7 Å². The molecule has 0 spiro atoms. The lowest BCUT2D eigenvalue weighted by atomic mass is 10.1. The average molecular weight is 397 g/mol. The largest absolute Gasteiger partial charge is 0.365 e. The molecule has 0 fully saturated rings. The quantitative estimate of drug-likeness (QED) is 0.503. The number of imidazole rings is 1. The van der Waals surface area contributed by atoms with Gasteiger partial charge in [-0.15, -0.1) is 0 Å². The zero-order valence-electron chi connectivity index (χ0n) is 14.5. The number of hydrogen-bond acceptors (Lipinski definition) is 5. The van der Waals surface area contributed by atoms with Gasteiger partial charge in [0.25, 0.3) is 5.89 Å². The van der Waals surface area contributed by atoms with Gasteiger partial charge in [-0.1, -0.05) is 28.9 Å². The number of aromatic nitrogens is 4. The third kappa shape index (κ3) is 3.08. The van der Waals surface area contributed by atoms with Crippen LogP contribution in [0.15, 0.2) is 59.4 Å². The van der Waals surface area contributed by atoms with E-state index >= 15 is 0 Å². The predicted molar refractivity (Wildman–Crippen MR) is 99.9 cm³/mol. The molecule has 0 N–H and O–H groups in total. The summed E-state index contributed by atoms with van der Waals surface area (Å²) in [4.78, 5) is 8.89. The summed E-state index contributed by atoms with van der Waals surface area (Å²) in [7, 11) is 0. The van der Waals surface area contributed by atoms with Crippen LogP contribution < -0.4 is 0 Å². The molecule has 4 aromatic rings. The first-order chi connectivity index (χ1) is 13.7. The minimum atomic E-state index is -0.266. The van der Waals surface area contributed by atoms with Crippen LogP contribution in [-0.2, 0) is 17.9 Å². The Labute approximate surface area is 164 Å². The van der Waals surface area contributed by atoms with E-state index < -0.39 is 0 Å². The Kier molecular flexibility index (Phi) is 4.18. The molecule has 140 valence electrons. The molecular formula is C20H14ClFN4O2. The molecule has 28 heavy (non-hydrogen) atoms. The van der Waals surface area contributed by atoms with Crippen LogP contribution >= 0.6 is 11.6 Å². The van der Waals surface area contributed by atoms with E-state index in [9.17, 15) is 4.39 Å². The Morgan fingerprint density at radius 1 is 1.07 bits per heavy atom. The van der Waals surface area contributed by atoms with Crippen LogP contribution in [0.2, 0.25) is 5.02 Å². The van der Waals surface area contributed by atoms with E-state index in [1.165, 1.54) is 12.1 Å². The van der Waals surface area contributed by atoms with E-state index in [1.54, 1.807) is 30.6 Å². The van der Waals surface area contributed by atoms with Crippen LogP contribution in [0, 0.1) is 5.82 Å². The van der Waals surface area contributed by atoms with E-state index in [0.29, 0.717) is 35.6 Å². The normalized spacial score (nSPS) is 16.1. The molecule has 0 saturated carbocycles. The van der Waals surface area contributed by atoms with Crippen molar-refractivity contribution >= 4 is 11.6 Å². The first-order valence-electron chi connectivity index (χ1n) is 8.68. The highest BCUT2D eigenvalue weighted by molar-refractivity contribution is 6.30. The van der Waals surface area contributed by atoms with Crippen molar-refractivity contribution in [2.45, 2.75) is 19.3 Å². The summed E-state index contributed by atoms with van der Waals surface area (Å²) in [6.45, 7) is 0.919. The number of nitrogens with zero attached hydrogens (tertiary/aromatic N) is 4. The van der Waals surface area contributed by atoms with Crippen molar-refractivity contribution in [2.24, 2.45) is 0 Å². The van der Waals surface area contributed by atoms with E-state index in [0.717, 1.165) is 16.8 Å². The summed E-state index contributed by atoms with van der Waals surface area (Å²) in [5.74, 6) is 0.537.